The summed E-state index contributed by atoms with van der Waals surface area (Å²) >= 11 is 0. The number of fused-ring (bicyclic) bond motifs is 4. The van der Waals surface area contributed by atoms with Crippen LogP contribution in [0.15, 0.2) is 121 Å². The molecule has 4 aliphatic heterocycles. The predicted molar refractivity (Wildman–Crippen MR) is 346 cm³/mol. The molecule has 33 heteroatoms. The van der Waals surface area contributed by atoms with Crippen LogP contribution in [0.3, 0.4) is 0 Å². The van der Waals surface area contributed by atoms with E-state index in [9.17, 15) is 59.3 Å². The fourth-order valence-corrected chi connectivity index (χ4v) is 16.2. The molecule has 0 spiro atoms. The number of anilines is 2. The Bertz CT molecular complexity index is 4230. The summed E-state index contributed by atoms with van der Waals surface area (Å²) in [4.78, 5) is 65.2. The van der Waals surface area contributed by atoms with E-state index in [1.54, 1.807) is 6.07 Å². The quantitative estimate of drug-likeness (QED) is 0.00679. The van der Waals surface area contributed by atoms with Gasteiger partial charge in [0, 0.05) is 85.0 Å². The van der Waals surface area contributed by atoms with Crippen molar-refractivity contribution in [2.45, 2.75) is 127 Å². The number of benzene rings is 3. The van der Waals surface area contributed by atoms with Gasteiger partial charge in [-0.25, -0.2) is 28.6 Å². The van der Waals surface area contributed by atoms with Gasteiger partial charge in [0.2, 0.25) is 11.6 Å². The number of aliphatic hydroxyl groups excluding tert-OH is 1. The second kappa shape index (κ2) is 28.9. The SMILES string of the molecule is CCN1c2cc3c(cc2C(C)=CC1(C)C)C(=CC=CC=CC1=[N+](CCCS(=O)(=O)O)c2ccc(S(=O)(=O)O)cc2C1(C)CCCC(=O)NCCCCCCNc1ncnc2c1ncn2[C@H]1C[C@H](O)[C@@H](COP(=O)(O)OP(=O)(O)OP(=O)(O)O)O1)C=C(c1ccccc1)O3. The van der Waals surface area contributed by atoms with Crippen LogP contribution in [0.2, 0.25) is 0 Å². The van der Waals surface area contributed by atoms with Gasteiger partial charge in [-0.05, 0) is 95.7 Å². The van der Waals surface area contributed by atoms with Crippen molar-refractivity contribution in [3.63, 3.8) is 0 Å². The second-order valence-electron chi connectivity index (χ2n) is 23.5. The topological polar surface area (TPSA) is 398 Å². The number of imidazole rings is 1. The zero-order valence-corrected chi connectivity index (χ0v) is 55.9. The summed E-state index contributed by atoms with van der Waals surface area (Å²) in [6.45, 7) is 11.5. The van der Waals surface area contributed by atoms with Crippen LogP contribution in [0.1, 0.15) is 121 Å². The minimum atomic E-state index is -5.75. The molecule has 1 saturated heterocycles. The number of carbonyl (C=O) groups excluding carboxylic acids is 1. The fourth-order valence-electron chi connectivity index (χ4n) is 12.1. The molecule has 9 N–H and O–H groups in total. The summed E-state index contributed by atoms with van der Waals surface area (Å²) in [7, 11) is -25.8. The van der Waals surface area contributed by atoms with Crippen molar-refractivity contribution in [2.75, 3.05) is 48.8 Å². The fraction of sp³-hybridized carbons (Fsp3) is 0.417. The zero-order valence-electron chi connectivity index (χ0n) is 51.6. The molecule has 0 aliphatic carbocycles. The maximum Gasteiger partial charge on any atom is 0.490 e. The number of ether oxygens (including phenoxy) is 2. The van der Waals surface area contributed by atoms with E-state index in [4.69, 9.17) is 19.3 Å². The first-order valence-electron chi connectivity index (χ1n) is 29.9. The van der Waals surface area contributed by atoms with Crippen molar-refractivity contribution in [1.82, 2.24) is 24.8 Å². The van der Waals surface area contributed by atoms with Gasteiger partial charge in [0.15, 0.2) is 22.7 Å². The molecule has 6 atom stereocenters. The van der Waals surface area contributed by atoms with E-state index in [0.29, 0.717) is 72.1 Å². The number of allylic oxidation sites excluding steroid dienone is 8. The smallest absolute Gasteiger partial charge is 0.456 e. The number of amides is 1. The van der Waals surface area contributed by atoms with Crippen molar-refractivity contribution < 1.29 is 96.3 Å². The number of rotatable bonds is 30. The van der Waals surface area contributed by atoms with E-state index in [0.717, 1.165) is 65.1 Å². The maximum atomic E-state index is 13.4. The van der Waals surface area contributed by atoms with E-state index < -0.39 is 79.9 Å². The molecule has 0 radical (unpaired) electrons. The molecule has 2 aromatic heterocycles. The number of nitrogens with zero attached hydrogens (tertiary/aromatic N) is 6. The first kappa shape index (κ1) is 70.9. The number of aromatic nitrogens is 4. The number of carbonyl (C=O) groups is 1. The Kier molecular flexibility index (Phi) is 22.0. The van der Waals surface area contributed by atoms with E-state index in [1.807, 2.05) is 78.3 Å². The number of hydrogen-bond acceptors (Lipinski definition) is 19. The first-order chi connectivity index (χ1) is 43.7. The van der Waals surface area contributed by atoms with Crippen molar-refractivity contribution in [3.05, 3.63) is 138 Å². The van der Waals surface area contributed by atoms with E-state index in [2.05, 4.69) is 89.5 Å². The summed E-state index contributed by atoms with van der Waals surface area (Å²) in [5.41, 5.74) is 7.43. The van der Waals surface area contributed by atoms with Gasteiger partial charge in [-0.15, -0.1) is 0 Å². The number of nitrogens with one attached hydrogen (secondary N) is 2. The van der Waals surface area contributed by atoms with Crippen LogP contribution in [0.25, 0.3) is 28.1 Å². The summed E-state index contributed by atoms with van der Waals surface area (Å²) < 4.78 is 132. The third-order valence-electron chi connectivity index (χ3n) is 16.3. The predicted octanol–water partition coefficient (Wildman–Crippen LogP) is 9.31. The van der Waals surface area contributed by atoms with Crippen LogP contribution >= 0.6 is 23.5 Å². The number of phosphoric acid groups is 3. The molecule has 6 heterocycles. The van der Waals surface area contributed by atoms with Crippen molar-refractivity contribution in [2.24, 2.45) is 0 Å². The monoisotopic (exact) mass is 1390 g/mol. The lowest BCUT2D eigenvalue weighted by Crippen LogP contribution is -2.44. The van der Waals surface area contributed by atoms with Gasteiger partial charge in [0.25, 0.3) is 20.2 Å². The standard InChI is InChI=1S/C60H75N8O20P3S2/c1-6-68-48-34-51-45(33-44(48)40(2)36-59(68,3)4)42(31-50(85-51)41-19-11-9-12-20-41)21-13-10-14-22-53-60(5,46-32-43(93(81,82)83)24-25-47(46)66(53)29-18-30-92(78,79)80)26-17-23-54(70)61-27-15-7-8-16-28-62-57-56-58(64-38-63-57)67(39-65-56)55-35-49(69)52(86-55)37-84-90(74,75)88-91(76,77)87-89(71,72)73/h9-14,19-22,24-25,31-34,36,38-39,49,52,55,69H,6-8,15-18,23,26-30,35,37H2,1-5H3,(H7-,61,62,63,64,70,71,72,73,74,75,76,77,78,79,80,81,82,83)/p+1/t49-,52+,55+,60?/m0/s1. The number of unbranched alkanes of at least 4 members (excludes halogenated alkanes) is 3. The zero-order chi connectivity index (χ0) is 67.3. The average molecular weight is 1390 g/mol. The molecule has 0 saturated carbocycles. The van der Waals surface area contributed by atoms with Gasteiger partial charge >= 0.3 is 23.5 Å². The molecular weight excluding hydrogens is 1310 g/mol. The van der Waals surface area contributed by atoms with Crippen LogP contribution in [0, 0.1) is 0 Å². The molecular formula is C60H76N8O20P3S2+. The van der Waals surface area contributed by atoms with Crippen LogP contribution in [0.4, 0.5) is 17.2 Å². The van der Waals surface area contributed by atoms with Crippen LogP contribution in [-0.4, -0.2) is 143 Å². The van der Waals surface area contributed by atoms with E-state index in [-0.39, 0.29) is 42.1 Å². The molecule has 1 fully saturated rings. The summed E-state index contributed by atoms with van der Waals surface area (Å²) in [5, 5.41) is 16.9. The van der Waals surface area contributed by atoms with Gasteiger partial charge in [0.1, 0.15) is 36.7 Å². The molecule has 1 amide bonds. The lowest BCUT2D eigenvalue weighted by atomic mass is 9.75. The molecule has 4 aliphatic rings. The highest BCUT2D eigenvalue weighted by molar-refractivity contribution is 7.86. The Morgan fingerprint density at radius 1 is 0.871 bits per heavy atom. The molecule has 3 aromatic carbocycles. The van der Waals surface area contributed by atoms with Crippen LogP contribution in [0.5, 0.6) is 5.75 Å². The maximum absolute atomic E-state index is 13.4. The highest BCUT2D eigenvalue weighted by Crippen LogP contribution is 2.66. The molecule has 9 rings (SSSR count). The Labute approximate surface area is 538 Å². The Hall–Kier alpha value is -6.40. The molecule has 5 aromatic rings. The number of aliphatic hydroxyl groups is 1. The molecule has 3 unspecified atom stereocenters. The second-order valence-corrected chi connectivity index (χ2v) is 30.9. The number of likely N-dealkylation sites (N-methyl/N-ethyl adjacent to an activating group) is 1. The van der Waals surface area contributed by atoms with Gasteiger partial charge < -0.3 is 49.7 Å². The van der Waals surface area contributed by atoms with Crippen LogP contribution in [-0.2, 0) is 62.0 Å². The van der Waals surface area contributed by atoms with Gasteiger partial charge in [0.05, 0.1) is 40.6 Å². The Balaban J connectivity index is 0.813. The molecule has 502 valence electrons. The minimum Gasteiger partial charge on any atom is -0.456 e. The molecule has 93 heavy (non-hydrogen) atoms. The van der Waals surface area contributed by atoms with Crippen LogP contribution < -0.4 is 20.3 Å². The van der Waals surface area contributed by atoms with Gasteiger partial charge in [-0.2, -0.15) is 30.0 Å². The highest BCUT2D eigenvalue weighted by Gasteiger charge is 2.48. The summed E-state index contributed by atoms with van der Waals surface area (Å²) in [6, 6.07) is 18.4. The lowest BCUT2D eigenvalue weighted by molar-refractivity contribution is -0.437. The van der Waals surface area contributed by atoms with Gasteiger partial charge in [-0.1, -0.05) is 73.6 Å². The average Bonchev–Trinajstić information content (AvgIpc) is 1.70. The normalized spacial score (nSPS) is 21.5. The Morgan fingerprint density at radius 2 is 1.61 bits per heavy atom. The van der Waals surface area contributed by atoms with Gasteiger partial charge in [-0.3, -0.25) is 23.0 Å². The molecule has 28 nitrogen and oxygen atoms in total. The van der Waals surface area contributed by atoms with Crippen molar-refractivity contribution in [1.29, 1.82) is 0 Å². The first-order valence-corrected chi connectivity index (χ1v) is 37.5. The minimum absolute atomic E-state index is 0.0238. The summed E-state index contributed by atoms with van der Waals surface area (Å²) in [5.74, 6) is 1.10. The van der Waals surface area contributed by atoms with Crippen molar-refractivity contribution >= 4 is 101 Å². The number of phosphoric ester groups is 1. The van der Waals surface area contributed by atoms with Crippen molar-refractivity contribution in [3.8, 4) is 5.75 Å². The van der Waals surface area contributed by atoms with E-state index >= 15 is 0 Å². The lowest BCUT2D eigenvalue weighted by Gasteiger charge is -2.43. The number of hydrogen-bond donors (Lipinski definition) is 9. The largest absolute Gasteiger partial charge is 0.490 e. The summed E-state index contributed by atoms with van der Waals surface area (Å²) in [6.07, 6.45) is 16.8. The third kappa shape index (κ3) is 17.7. The Morgan fingerprint density at radius 3 is 2.32 bits per heavy atom. The highest BCUT2D eigenvalue weighted by atomic mass is 32.2. The third-order valence-corrected chi connectivity index (χ3v) is 21.8. The molecule has 0 bridgehead atoms. The van der Waals surface area contributed by atoms with E-state index in [1.165, 1.54) is 29.4 Å².